The monoisotopic (exact) mass is 582 g/mol. The normalized spacial score (nSPS) is 9.55. The average Bonchev–Trinajstić information content (AvgIpc) is 2.98. The van der Waals surface area contributed by atoms with Gasteiger partial charge in [-0.15, -0.1) is 0 Å². The van der Waals surface area contributed by atoms with Gasteiger partial charge in [0.2, 0.25) is 11.6 Å². The molecule has 0 aromatic heterocycles. The minimum atomic E-state index is -0.799. The molecule has 0 fully saturated rings. The zero-order valence-electron chi connectivity index (χ0n) is 23.1. The van der Waals surface area contributed by atoms with Crippen LogP contribution in [-0.4, -0.2) is 29.2 Å². The lowest BCUT2D eigenvalue weighted by Crippen LogP contribution is -1.95. The summed E-state index contributed by atoms with van der Waals surface area (Å²) in [7, 11) is 3.09. The highest BCUT2D eigenvalue weighted by Crippen LogP contribution is 2.36. The molecule has 0 atom stereocenters. The number of phenolic OH excluding ortho intramolecular Hbond substituents is 1. The number of hydrogen-bond acceptors (Lipinski definition) is 8. The number of phenols is 1. The van der Waals surface area contributed by atoms with Gasteiger partial charge in [-0.3, -0.25) is 20.2 Å². The van der Waals surface area contributed by atoms with Crippen molar-refractivity contribution in [1.29, 1.82) is 0 Å². The fourth-order valence-corrected chi connectivity index (χ4v) is 3.37. The number of nitrogens with zero attached hydrogens (tertiary/aromatic N) is 2. The van der Waals surface area contributed by atoms with Crippen LogP contribution in [0.25, 0.3) is 0 Å². The number of aryl methyl sites for hydroxylation is 2. The number of para-hydroxylation sites is 3. The highest BCUT2D eigenvalue weighted by atomic mass is 19.1. The molecule has 4 rings (SSSR count). The lowest BCUT2D eigenvalue weighted by Gasteiger charge is -2.11. The van der Waals surface area contributed by atoms with Gasteiger partial charge in [-0.2, -0.15) is 4.39 Å². The molecule has 0 aliphatic rings. The molecule has 1 N–H and O–H groups in total. The van der Waals surface area contributed by atoms with Crippen LogP contribution in [0.2, 0.25) is 0 Å². The van der Waals surface area contributed by atoms with E-state index < -0.39 is 21.4 Å². The molecule has 4 aromatic carbocycles. The van der Waals surface area contributed by atoms with Gasteiger partial charge in [-0.1, -0.05) is 57.7 Å². The summed E-state index contributed by atoms with van der Waals surface area (Å²) in [5.74, 6) is 1.16. The topological polar surface area (TPSA) is 134 Å². The summed E-state index contributed by atoms with van der Waals surface area (Å²) in [4.78, 5) is 19.7. The summed E-state index contributed by atoms with van der Waals surface area (Å²) in [6.45, 7) is 4.10. The third-order valence-corrected chi connectivity index (χ3v) is 5.62. The molecule has 10 nitrogen and oxygen atoms in total. The van der Waals surface area contributed by atoms with Gasteiger partial charge in [0.1, 0.15) is 0 Å². The minimum absolute atomic E-state index is 0. The number of aromatic hydroxyl groups is 1. The first kappa shape index (κ1) is 34.8. The number of nitro groups is 2. The van der Waals surface area contributed by atoms with Crippen molar-refractivity contribution in [3.05, 3.63) is 122 Å². The van der Waals surface area contributed by atoms with E-state index in [-0.39, 0.29) is 24.6 Å². The number of benzene rings is 4. The van der Waals surface area contributed by atoms with E-state index in [0.717, 1.165) is 30.5 Å². The molecule has 0 aliphatic heterocycles. The summed E-state index contributed by atoms with van der Waals surface area (Å²) >= 11 is 0. The van der Waals surface area contributed by atoms with Gasteiger partial charge in [-0.05, 0) is 60.4 Å². The summed E-state index contributed by atoms with van der Waals surface area (Å²) in [6.07, 6.45) is 1.83. The van der Waals surface area contributed by atoms with Gasteiger partial charge in [0, 0.05) is 12.1 Å². The smallest absolute Gasteiger partial charge is 0.311 e. The van der Waals surface area contributed by atoms with Gasteiger partial charge >= 0.3 is 11.4 Å². The molecule has 0 saturated carbocycles. The predicted octanol–water partition coefficient (Wildman–Crippen LogP) is 8.29. The Morgan fingerprint density at radius 1 is 0.690 bits per heavy atom. The summed E-state index contributed by atoms with van der Waals surface area (Å²) in [6, 6.07) is 22.2. The summed E-state index contributed by atoms with van der Waals surface area (Å²) < 4.78 is 28.2. The Hall–Kier alpha value is -5.19. The molecule has 224 valence electrons. The first-order valence-electron chi connectivity index (χ1n) is 12.5. The van der Waals surface area contributed by atoms with E-state index >= 15 is 0 Å². The van der Waals surface area contributed by atoms with E-state index in [9.17, 15) is 29.7 Å². The molecule has 0 radical (unpaired) electrons. The lowest BCUT2D eigenvalue weighted by molar-refractivity contribution is -0.387. The second-order valence-electron chi connectivity index (χ2n) is 8.23. The van der Waals surface area contributed by atoms with Crippen molar-refractivity contribution >= 4 is 11.4 Å². The Morgan fingerprint density at radius 2 is 1.19 bits per heavy atom. The SMILES string of the molecule is C.CCc1ccc(O)c(OC)c1.CCc1ccc(Oc2ccccc2[N+](=O)[O-])c(OC)c1.O=[N+]([O-])c1ccccc1F. The van der Waals surface area contributed by atoms with Gasteiger partial charge in [0.15, 0.2) is 23.0 Å². The van der Waals surface area contributed by atoms with Gasteiger partial charge in [0.05, 0.1) is 24.1 Å². The number of nitro benzene ring substituents is 2. The van der Waals surface area contributed by atoms with Crippen LogP contribution in [0.1, 0.15) is 32.4 Å². The van der Waals surface area contributed by atoms with Crippen LogP contribution in [0.5, 0.6) is 28.7 Å². The lowest BCUT2D eigenvalue weighted by atomic mass is 10.1. The van der Waals surface area contributed by atoms with Crippen molar-refractivity contribution in [2.45, 2.75) is 34.1 Å². The molecule has 42 heavy (non-hydrogen) atoms. The fourth-order valence-electron chi connectivity index (χ4n) is 3.37. The van der Waals surface area contributed by atoms with E-state index in [1.165, 1.54) is 23.8 Å². The second kappa shape index (κ2) is 17.5. The number of rotatable bonds is 8. The Balaban J connectivity index is 0.000000341. The minimum Gasteiger partial charge on any atom is -0.504 e. The van der Waals surface area contributed by atoms with Gasteiger partial charge in [0.25, 0.3) is 0 Å². The number of hydrogen-bond donors (Lipinski definition) is 1. The zero-order valence-corrected chi connectivity index (χ0v) is 23.1. The average molecular weight is 583 g/mol. The number of halogens is 1. The van der Waals surface area contributed by atoms with Crippen molar-refractivity contribution in [3.63, 3.8) is 0 Å². The Labute approximate surface area is 244 Å². The first-order valence-corrected chi connectivity index (χ1v) is 12.5. The quantitative estimate of drug-likeness (QED) is 0.162. The van der Waals surface area contributed by atoms with E-state index in [2.05, 4.69) is 6.92 Å². The molecule has 0 amide bonds. The van der Waals surface area contributed by atoms with E-state index in [1.807, 2.05) is 31.2 Å². The highest BCUT2D eigenvalue weighted by Gasteiger charge is 2.16. The number of methoxy groups -OCH3 is 2. The first-order chi connectivity index (χ1) is 19.6. The molecule has 0 heterocycles. The van der Waals surface area contributed by atoms with Gasteiger partial charge in [-0.25, -0.2) is 0 Å². The van der Waals surface area contributed by atoms with Crippen LogP contribution in [-0.2, 0) is 12.8 Å². The molecule has 0 saturated heterocycles. The van der Waals surface area contributed by atoms with E-state index in [1.54, 1.807) is 44.6 Å². The van der Waals surface area contributed by atoms with Crippen molar-refractivity contribution < 1.29 is 33.6 Å². The third kappa shape index (κ3) is 10.1. The van der Waals surface area contributed by atoms with Crippen molar-refractivity contribution in [2.24, 2.45) is 0 Å². The summed E-state index contributed by atoms with van der Waals surface area (Å²) in [5.41, 5.74) is 1.72. The molecule has 0 spiro atoms. The van der Waals surface area contributed by atoms with Crippen molar-refractivity contribution in [2.75, 3.05) is 14.2 Å². The third-order valence-electron chi connectivity index (χ3n) is 5.62. The van der Waals surface area contributed by atoms with Crippen molar-refractivity contribution in [3.8, 4) is 28.7 Å². The van der Waals surface area contributed by atoms with Crippen LogP contribution in [0.15, 0.2) is 84.9 Å². The molecule has 4 aromatic rings. The molecule has 11 heteroatoms. The molecule has 0 bridgehead atoms. The summed E-state index contributed by atoms with van der Waals surface area (Å²) in [5, 5.41) is 30.2. The zero-order chi connectivity index (χ0) is 30.4. The highest BCUT2D eigenvalue weighted by molar-refractivity contribution is 5.51. The van der Waals surface area contributed by atoms with E-state index in [4.69, 9.17) is 14.2 Å². The van der Waals surface area contributed by atoms with Crippen molar-refractivity contribution in [1.82, 2.24) is 0 Å². The predicted molar refractivity (Wildman–Crippen MR) is 159 cm³/mol. The Morgan fingerprint density at radius 3 is 1.69 bits per heavy atom. The second-order valence-corrected chi connectivity index (χ2v) is 8.23. The largest absolute Gasteiger partial charge is 0.504 e. The Kier molecular flexibility index (Phi) is 14.5. The maximum atomic E-state index is 12.4. The fraction of sp³-hybridized carbons (Fsp3) is 0.226. The van der Waals surface area contributed by atoms with E-state index in [0.29, 0.717) is 17.2 Å². The molecular weight excluding hydrogens is 547 g/mol. The standard InChI is InChI=1S/C15H15NO4.C9H12O2.C6H4FNO2.CH4/c1-3-11-8-9-14(15(10-11)19-2)20-13-7-5-4-6-12(13)16(17)18;1-3-7-4-5-8(10)9(6-7)11-2;7-5-3-1-2-4-6(5)8(9)10;/h4-10H,3H2,1-2H3;4-6,10H,3H2,1-2H3;1-4H;1H4. The van der Waals surface area contributed by atoms with Crippen LogP contribution in [0.3, 0.4) is 0 Å². The van der Waals surface area contributed by atoms with Crippen LogP contribution in [0.4, 0.5) is 15.8 Å². The Bertz CT molecular complexity index is 1460. The molecule has 0 aliphatic carbocycles. The van der Waals surface area contributed by atoms with Gasteiger partial charge < -0.3 is 19.3 Å². The maximum Gasteiger partial charge on any atom is 0.311 e. The molecular formula is C31H35FN2O8. The van der Waals surface area contributed by atoms with Crippen LogP contribution >= 0.6 is 0 Å². The van der Waals surface area contributed by atoms with Crippen LogP contribution < -0.4 is 14.2 Å². The number of ether oxygens (including phenoxy) is 3. The molecule has 0 unspecified atom stereocenters. The maximum absolute atomic E-state index is 12.4. The van der Waals surface area contributed by atoms with Crippen LogP contribution in [0, 0.1) is 26.0 Å².